The van der Waals surface area contributed by atoms with Crippen LogP contribution in [0.2, 0.25) is 0 Å². The number of anilines is 3. The Labute approximate surface area is 110 Å². The third-order valence-corrected chi connectivity index (χ3v) is 4.23. The van der Waals surface area contributed by atoms with Gasteiger partial charge in [0, 0.05) is 22.5 Å². The number of hydrogen-bond donors (Lipinski definition) is 2. The molecule has 4 heteroatoms. The Morgan fingerprint density at radius 3 is 2.50 bits per heavy atom. The summed E-state index contributed by atoms with van der Waals surface area (Å²) in [5.41, 5.74) is 9.87. The van der Waals surface area contributed by atoms with Crippen LogP contribution in [0.5, 0.6) is 0 Å². The van der Waals surface area contributed by atoms with Crippen molar-refractivity contribution in [2.24, 2.45) is 0 Å². The second-order valence-electron chi connectivity index (χ2n) is 4.35. The van der Waals surface area contributed by atoms with Crippen LogP contribution in [0, 0.1) is 0 Å². The lowest BCUT2D eigenvalue weighted by Crippen LogP contribution is -2.14. The fourth-order valence-corrected chi connectivity index (χ4v) is 3.41. The molecule has 0 saturated carbocycles. The highest BCUT2D eigenvalue weighted by molar-refractivity contribution is 7.99. The van der Waals surface area contributed by atoms with Crippen LogP contribution in [-0.2, 0) is 6.61 Å². The predicted octanol–water partition coefficient (Wildman–Crippen LogP) is 2.99. The molecule has 3 rings (SSSR count). The third-order valence-electron chi connectivity index (χ3n) is 3.13. The maximum absolute atomic E-state index is 9.20. The zero-order valence-corrected chi connectivity index (χ0v) is 10.9. The van der Waals surface area contributed by atoms with Crippen LogP contribution < -0.4 is 10.6 Å². The van der Waals surface area contributed by atoms with Crippen LogP contribution in [-0.4, -0.2) is 12.2 Å². The summed E-state index contributed by atoms with van der Waals surface area (Å²) in [4.78, 5) is 4.46. The molecule has 0 aliphatic carbocycles. The number of fused-ring (bicyclic) bond motifs is 2. The number of aliphatic hydroxyl groups excluding tert-OH is 1. The lowest BCUT2D eigenvalue weighted by Gasteiger charge is -2.29. The average molecular weight is 258 g/mol. The normalized spacial score (nSPS) is 13.1. The summed E-state index contributed by atoms with van der Waals surface area (Å²) in [6, 6.07) is 12.0. The van der Waals surface area contributed by atoms with Crippen molar-refractivity contribution in [3.05, 3.63) is 42.0 Å². The Hall–Kier alpha value is -1.65. The van der Waals surface area contributed by atoms with E-state index < -0.39 is 0 Å². The van der Waals surface area contributed by atoms with Gasteiger partial charge < -0.3 is 15.7 Å². The average Bonchev–Trinajstić information content (AvgIpc) is 2.38. The third kappa shape index (κ3) is 1.74. The van der Waals surface area contributed by atoms with E-state index in [1.54, 1.807) is 11.8 Å². The molecule has 0 spiro atoms. The maximum atomic E-state index is 9.20. The number of rotatable bonds is 1. The molecule has 0 unspecified atom stereocenters. The molecule has 1 aliphatic heterocycles. The molecule has 3 N–H and O–H groups in total. The van der Waals surface area contributed by atoms with Crippen LogP contribution in [0.3, 0.4) is 0 Å². The summed E-state index contributed by atoms with van der Waals surface area (Å²) in [5.74, 6) is 0. The van der Waals surface area contributed by atoms with Gasteiger partial charge in [0.15, 0.2) is 0 Å². The first kappa shape index (κ1) is 11.4. The fraction of sp³-hybridized carbons (Fsp3) is 0.143. The molecular formula is C14H14N2OS. The lowest BCUT2D eigenvalue weighted by atomic mass is 10.2. The molecule has 2 aromatic carbocycles. The minimum Gasteiger partial charge on any atom is -0.399 e. The molecule has 3 nitrogen and oxygen atoms in total. The monoisotopic (exact) mass is 258 g/mol. The van der Waals surface area contributed by atoms with E-state index in [0.717, 1.165) is 26.7 Å². The Kier molecular flexibility index (Phi) is 2.69. The predicted molar refractivity (Wildman–Crippen MR) is 75.4 cm³/mol. The maximum Gasteiger partial charge on any atom is 0.0682 e. The second-order valence-corrected chi connectivity index (χ2v) is 5.43. The molecule has 1 aliphatic rings. The van der Waals surface area contributed by atoms with Gasteiger partial charge in [-0.25, -0.2) is 0 Å². The van der Waals surface area contributed by atoms with Gasteiger partial charge in [0.25, 0.3) is 0 Å². The smallest absolute Gasteiger partial charge is 0.0682 e. The summed E-state index contributed by atoms with van der Waals surface area (Å²) in [5, 5.41) is 9.20. The quantitative estimate of drug-likeness (QED) is 0.772. The number of nitrogen functional groups attached to an aromatic ring is 1. The van der Waals surface area contributed by atoms with Crippen molar-refractivity contribution in [3.63, 3.8) is 0 Å². The van der Waals surface area contributed by atoms with E-state index in [0.29, 0.717) is 0 Å². The van der Waals surface area contributed by atoms with Crippen molar-refractivity contribution >= 4 is 28.8 Å². The van der Waals surface area contributed by atoms with E-state index in [4.69, 9.17) is 5.73 Å². The summed E-state index contributed by atoms with van der Waals surface area (Å²) < 4.78 is 0. The molecule has 0 aromatic heterocycles. The largest absolute Gasteiger partial charge is 0.399 e. The molecule has 0 amide bonds. The minimum absolute atomic E-state index is 0.0708. The van der Waals surface area contributed by atoms with E-state index in [2.05, 4.69) is 4.90 Å². The molecule has 18 heavy (non-hydrogen) atoms. The van der Waals surface area contributed by atoms with Crippen LogP contribution in [0.25, 0.3) is 0 Å². The summed E-state index contributed by atoms with van der Waals surface area (Å²) in [6.07, 6.45) is 0. The SMILES string of the molecule is CN1c2ccc(N)cc2Sc2cc(CO)ccc21. The highest BCUT2D eigenvalue weighted by atomic mass is 32.2. The minimum atomic E-state index is 0.0708. The van der Waals surface area contributed by atoms with Crippen LogP contribution >= 0.6 is 11.8 Å². The van der Waals surface area contributed by atoms with Crippen LogP contribution in [0.1, 0.15) is 5.56 Å². The number of benzene rings is 2. The topological polar surface area (TPSA) is 49.5 Å². The Balaban J connectivity index is 2.12. The lowest BCUT2D eigenvalue weighted by molar-refractivity contribution is 0.281. The van der Waals surface area contributed by atoms with E-state index in [-0.39, 0.29) is 6.61 Å². The van der Waals surface area contributed by atoms with Crippen molar-refractivity contribution < 1.29 is 5.11 Å². The standard InChI is InChI=1S/C14H14N2OS/c1-16-11-4-2-9(8-17)6-13(11)18-14-7-10(15)3-5-12(14)16/h2-7,17H,8,15H2,1H3. The number of nitrogens with two attached hydrogens (primary N) is 1. The molecule has 1 heterocycles. The van der Waals surface area contributed by atoms with Gasteiger partial charge in [0.2, 0.25) is 0 Å². The fourth-order valence-electron chi connectivity index (χ4n) is 2.15. The number of hydrogen-bond acceptors (Lipinski definition) is 4. The highest BCUT2D eigenvalue weighted by Crippen LogP contribution is 2.48. The molecule has 0 atom stereocenters. The van der Waals surface area contributed by atoms with Crippen molar-refractivity contribution in [3.8, 4) is 0 Å². The van der Waals surface area contributed by atoms with Gasteiger partial charge in [-0.3, -0.25) is 0 Å². The molecular weight excluding hydrogens is 244 g/mol. The first-order valence-electron chi connectivity index (χ1n) is 5.74. The van der Waals surface area contributed by atoms with Crippen molar-refractivity contribution in [1.29, 1.82) is 0 Å². The highest BCUT2D eigenvalue weighted by Gasteiger charge is 2.20. The van der Waals surface area contributed by atoms with Crippen molar-refractivity contribution in [1.82, 2.24) is 0 Å². The van der Waals surface area contributed by atoms with Crippen LogP contribution in [0.4, 0.5) is 17.1 Å². The molecule has 92 valence electrons. The van der Waals surface area contributed by atoms with E-state index >= 15 is 0 Å². The van der Waals surface area contributed by atoms with E-state index in [1.807, 2.05) is 43.4 Å². The first-order valence-corrected chi connectivity index (χ1v) is 6.55. The summed E-state index contributed by atoms with van der Waals surface area (Å²) in [6.45, 7) is 0.0708. The molecule has 0 saturated heterocycles. The number of nitrogens with zero attached hydrogens (tertiary/aromatic N) is 1. The summed E-state index contributed by atoms with van der Waals surface area (Å²) in [7, 11) is 2.05. The Bertz CT molecular complexity index is 613. The van der Waals surface area contributed by atoms with E-state index in [1.165, 1.54) is 5.69 Å². The van der Waals surface area contributed by atoms with Crippen molar-refractivity contribution in [2.75, 3.05) is 17.7 Å². The van der Waals surface area contributed by atoms with Gasteiger partial charge in [-0.15, -0.1) is 0 Å². The second kappa shape index (κ2) is 4.23. The zero-order chi connectivity index (χ0) is 12.7. The van der Waals surface area contributed by atoms with E-state index in [9.17, 15) is 5.11 Å². The molecule has 0 fully saturated rings. The number of aliphatic hydroxyl groups is 1. The Morgan fingerprint density at radius 2 is 1.78 bits per heavy atom. The zero-order valence-electron chi connectivity index (χ0n) is 10.1. The van der Waals surface area contributed by atoms with Gasteiger partial charge in [-0.2, -0.15) is 0 Å². The first-order chi connectivity index (χ1) is 8.69. The van der Waals surface area contributed by atoms with Crippen molar-refractivity contribution in [2.45, 2.75) is 16.4 Å². The van der Waals surface area contributed by atoms with Gasteiger partial charge in [-0.05, 0) is 35.9 Å². The van der Waals surface area contributed by atoms with Gasteiger partial charge in [-0.1, -0.05) is 17.8 Å². The van der Waals surface area contributed by atoms with Gasteiger partial charge >= 0.3 is 0 Å². The molecule has 0 radical (unpaired) electrons. The molecule has 2 aromatic rings. The van der Waals surface area contributed by atoms with Crippen LogP contribution in [0.15, 0.2) is 46.2 Å². The van der Waals surface area contributed by atoms with Gasteiger partial charge in [0.05, 0.1) is 18.0 Å². The van der Waals surface area contributed by atoms with Gasteiger partial charge in [0.1, 0.15) is 0 Å². The Morgan fingerprint density at radius 1 is 1.11 bits per heavy atom. The molecule has 0 bridgehead atoms. The summed E-state index contributed by atoms with van der Waals surface area (Å²) >= 11 is 1.70.